The fraction of sp³-hybridized carbons (Fsp3) is 0.143. The van der Waals surface area contributed by atoms with Crippen molar-refractivity contribution in [3.8, 4) is 11.5 Å². The molecule has 5 rings (SSSR count). The number of hydrogen-bond acceptors (Lipinski definition) is 5. The van der Waals surface area contributed by atoms with Gasteiger partial charge in [0.15, 0.2) is 11.5 Å². The molecule has 1 fully saturated rings. The zero-order valence-corrected chi connectivity index (χ0v) is 22.1. The predicted octanol–water partition coefficient (Wildman–Crippen LogP) is 7.27. The summed E-state index contributed by atoms with van der Waals surface area (Å²) in [5.74, 6) is 1.02. The number of methoxy groups -OCH3 is 1. The van der Waals surface area contributed by atoms with Gasteiger partial charge in [-0.15, -0.1) is 0 Å². The summed E-state index contributed by atoms with van der Waals surface area (Å²) in [5, 5.41) is 1.46. The van der Waals surface area contributed by atoms with Crippen molar-refractivity contribution in [1.29, 1.82) is 0 Å². The molecule has 0 bridgehead atoms. The van der Waals surface area contributed by atoms with Crippen LogP contribution >= 0.6 is 35.0 Å². The third-order valence-electron chi connectivity index (χ3n) is 5.96. The Labute approximate surface area is 228 Å². The van der Waals surface area contributed by atoms with Crippen LogP contribution in [0.3, 0.4) is 0 Å². The maximum absolute atomic E-state index is 13.1. The van der Waals surface area contributed by atoms with Gasteiger partial charge in [0, 0.05) is 22.7 Å². The number of nitrogens with zero attached hydrogens (tertiary/aromatic N) is 2. The molecule has 6 nitrogen and oxygen atoms in total. The summed E-state index contributed by atoms with van der Waals surface area (Å²) in [7, 11) is 1.61. The van der Waals surface area contributed by atoms with Crippen molar-refractivity contribution in [2.75, 3.05) is 13.7 Å². The number of halogens is 2. The summed E-state index contributed by atoms with van der Waals surface area (Å²) >= 11 is 13.0. The molecule has 1 saturated heterocycles. The molecular formula is C28H22Cl2N2O4S. The van der Waals surface area contributed by atoms with E-state index < -0.39 is 0 Å². The molecule has 2 heterocycles. The number of thioether (sulfide) groups is 1. The first-order valence-corrected chi connectivity index (χ1v) is 13.0. The number of amides is 2. The first-order chi connectivity index (χ1) is 17.9. The third kappa shape index (κ3) is 5.34. The molecule has 9 heteroatoms. The second-order valence-corrected chi connectivity index (χ2v) is 10.1. The van der Waals surface area contributed by atoms with Gasteiger partial charge in [-0.1, -0.05) is 59.6 Å². The SMILES string of the molecule is COc1ccccc1OCCn1cc(/C=C2\SC(=O)N(Cc3ccc(Cl)c(Cl)c3)C2=O)c2ccccc21. The van der Waals surface area contributed by atoms with E-state index in [1.807, 2.05) is 54.7 Å². The zero-order valence-electron chi connectivity index (χ0n) is 19.8. The highest BCUT2D eigenvalue weighted by Crippen LogP contribution is 2.35. The maximum Gasteiger partial charge on any atom is 0.293 e. The van der Waals surface area contributed by atoms with Crippen LogP contribution < -0.4 is 9.47 Å². The molecule has 0 saturated carbocycles. The van der Waals surface area contributed by atoms with Crippen LogP contribution in [0, 0.1) is 0 Å². The molecule has 0 N–H and O–H groups in total. The minimum atomic E-state index is -0.336. The van der Waals surface area contributed by atoms with Gasteiger partial charge < -0.3 is 14.0 Å². The molecule has 0 atom stereocenters. The number of benzene rings is 3. The van der Waals surface area contributed by atoms with Crippen LogP contribution in [-0.4, -0.2) is 34.3 Å². The van der Waals surface area contributed by atoms with Gasteiger partial charge in [0.25, 0.3) is 11.1 Å². The molecule has 2 amide bonds. The van der Waals surface area contributed by atoms with Crippen molar-refractivity contribution in [1.82, 2.24) is 9.47 Å². The van der Waals surface area contributed by atoms with Crippen LogP contribution in [0.5, 0.6) is 11.5 Å². The van der Waals surface area contributed by atoms with Crippen molar-refractivity contribution in [3.05, 3.63) is 99.0 Å². The molecule has 0 aliphatic carbocycles. The van der Waals surface area contributed by atoms with Gasteiger partial charge in [0.05, 0.1) is 35.1 Å². The smallest absolute Gasteiger partial charge is 0.293 e. The van der Waals surface area contributed by atoms with Crippen molar-refractivity contribution in [2.24, 2.45) is 0 Å². The molecule has 1 aliphatic rings. The molecule has 0 spiro atoms. The first kappa shape index (κ1) is 25.3. The largest absolute Gasteiger partial charge is 0.493 e. The minimum Gasteiger partial charge on any atom is -0.493 e. The number of ether oxygens (including phenoxy) is 2. The lowest BCUT2D eigenvalue weighted by Gasteiger charge is -2.12. The fourth-order valence-corrected chi connectivity index (χ4v) is 5.32. The monoisotopic (exact) mass is 552 g/mol. The van der Waals surface area contributed by atoms with E-state index in [-0.39, 0.29) is 17.7 Å². The lowest BCUT2D eigenvalue weighted by atomic mass is 10.1. The standard InChI is InChI=1S/C28H22Cl2N2O4S/c1-35-24-8-4-5-9-25(24)36-13-12-31-17-19(20-6-2-3-7-23(20)31)15-26-27(33)32(28(34)37-26)16-18-10-11-21(29)22(30)14-18/h2-11,14-15,17H,12-13,16H2,1H3/b26-15-. The Morgan fingerprint density at radius 1 is 0.946 bits per heavy atom. The normalized spacial score (nSPS) is 14.7. The Bertz CT molecular complexity index is 1530. The number of carbonyl (C=O) groups excluding carboxylic acids is 2. The Balaban J connectivity index is 1.36. The van der Waals surface area contributed by atoms with E-state index in [0.29, 0.717) is 39.6 Å². The van der Waals surface area contributed by atoms with Gasteiger partial charge in [-0.3, -0.25) is 14.5 Å². The number of imide groups is 1. The second kappa shape index (κ2) is 10.9. The van der Waals surface area contributed by atoms with Crippen LogP contribution in [0.2, 0.25) is 10.0 Å². The number of carbonyl (C=O) groups is 2. The summed E-state index contributed by atoms with van der Waals surface area (Å²) in [6, 6.07) is 20.5. The van der Waals surface area contributed by atoms with E-state index in [0.717, 1.165) is 33.8 Å². The quantitative estimate of drug-likeness (QED) is 0.215. The van der Waals surface area contributed by atoms with Crippen molar-refractivity contribution < 1.29 is 19.1 Å². The van der Waals surface area contributed by atoms with E-state index in [1.54, 1.807) is 31.4 Å². The van der Waals surface area contributed by atoms with Crippen molar-refractivity contribution in [3.63, 3.8) is 0 Å². The van der Waals surface area contributed by atoms with Crippen molar-refractivity contribution >= 4 is 63.1 Å². The average Bonchev–Trinajstić information content (AvgIpc) is 3.38. The minimum absolute atomic E-state index is 0.126. The number of hydrogen-bond donors (Lipinski definition) is 0. The zero-order chi connectivity index (χ0) is 25.9. The van der Waals surface area contributed by atoms with E-state index >= 15 is 0 Å². The van der Waals surface area contributed by atoms with E-state index in [4.69, 9.17) is 32.7 Å². The second-order valence-electron chi connectivity index (χ2n) is 8.31. The van der Waals surface area contributed by atoms with E-state index in [2.05, 4.69) is 4.57 Å². The van der Waals surface area contributed by atoms with Gasteiger partial charge in [-0.05, 0) is 53.7 Å². The highest BCUT2D eigenvalue weighted by molar-refractivity contribution is 8.18. The summed E-state index contributed by atoms with van der Waals surface area (Å²) in [5.41, 5.74) is 2.59. The van der Waals surface area contributed by atoms with Gasteiger partial charge in [0.2, 0.25) is 0 Å². The van der Waals surface area contributed by atoms with Gasteiger partial charge in [-0.2, -0.15) is 0 Å². The lowest BCUT2D eigenvalue weighted by molar-refractivity contribution is -0.123. The van der Waals surface area contributed by atoms with Crippen LogP contribution in [0.25, 0.3) is 17.0 Å². The lowest BCUT2D eigenvalue weighted by Crippen LogP contribution is -2.27. The molecule has 37 heavy (non-hydrogen) atoms. The number of aromatic nitrogens is 1. The Morgan fingerprint density at radius 3 is 2.49 bits per heavy atom. The van der Waals surface area contributed by atoms with Gasteiger partial charge >= 0.3 is 0 Å². The molecule has 188 valence electrons. The number of para-hydroxylation sites is 3. The number of fused-ring (bicyclic) bond motifs is 1. The molecule has 3 aromatic carbocycles. The Hall–Kier alpha value is -3.39. The third-order valence-corrected chi connectivity index (χ3v) is 7.61. The first-order valence-electron chi connectivity index (χ1n) is 11.5. The molecular weight excluding hydrogens is 531 g/mol. The summed E-state index contributed by atoms with van der Waals surface area (Å²) in [4.78, 5) is 27.4. The molecule has 0 unspecified atom stereocenters. The highest BCUT2D eigenvalue weighted by Gasteiger charge is 2.35. The van der Waals surface area contributed by atoms with E-state index in [9.17, 15) is 9.59 Å². The van der Waals surface area contributed by atoms with Crippen molar-refractivity contribution in [2.45, 2.75) is 13.1 Å². The fourth-order valence-electron chi connectivity index (χ4n) is 4.17. The molecule has 1 aromatic heterocycles. The highest BCUT2D eigenvalue weighted by atomic mass is 35.5. The summed E-state index contributed by atoms with van der Waals surface area (Å²) in [6.45, 7) is 1.14. The Morgan fingerprint density at radius 2 is 1.70 bits per heavy atom. The van der Waals surface area contributed by atoms with Crippen LogP contribution in [-0.2, 0) is 17.9 Å². The van der Waals surface area contributed by atoms with Crippen LogP contribution in [0.1, 0.15) is 11.1 Å². The summed E-state index contributed by atoms with van der Waals surface area (Å²) in [6.07, 6.45) is 3.75. The maximum atomic E-state index is 13.1. The predicted molar refractivity (Wildman–Crippen MR) is 148 cm³/mol. The average molecular weight is 553 g/mol. The topological polar surface area (TPSA) is 60.8 Å². The number of rotatable bonds is 8. The molecule has 0 radical (unpaired) electrons. The van der Waals surface area contributed by atoms with Crippen LogP contribution in [0.15, 0.2) is 77.8 Å². The van der Waals surface area contributed by atoms with Gasteiger partial charge in [-0.25, -0.2) is 0 Å². The van der Waals surface area contributed by atoms with Crippen LogP contribution in [0.4, 0.5) is 4.79 Å². The van der Waals surface area contributed by atoms with E-state index in [1.165, 1.54) is 4.90 Å². The summed E-state index contributed by atoms with van der Waals surface area (Å²) < 4.78 is 13.4. The van der Waals surface area contributed by atoms with Gasteiger partial charge in [0.1, 0.15) is 6.61 Å². The molecule has 1 aliphatic heterocycles. The molecule has 4 aromatic rings. The Kier molecular flexibility index (Phi) is 7.46.